The van der Waals surface area contributed by atoms with E-state index in [4.69, 9.17) is 10.5 Å². The summed E-state index contributed by atoms with van der Waals surface area (Å²) in [5, 5.41) is 0. The molecule has 3 heteroatoms. The summed E-state index contributed by atoms with van der Waals surface area (Å²) in [5.74, 6) is 0. The molecule has 2 N–H and O–H groups in total. The number of nitrogen functional groups attached to an aromatic ring is 1. The van der Waals surface area contributed by atoms with Crippen LogP contribution >= 0.6 is 0 Å². The topological polar surface area (TPSA) is 38.5 Å². The summed E-state index contributed by atoms with van der Waals surface area (Å²) in [5.41, 5.74) is 8.11. The first kappa shape index (κ1) is 12.4. The quantitative estimate of drug-likeness (QED) is 0.812. The lowest BCUT2D eigenvalue weighted by molar-refractivity contribution is -0.0487. The van der Waals surface area contributed by atoms with Gasteiger partial charge in [0.05, 0.1) is 12.7 Å². The zero-order valence-corrected chi connectivity index (χ0v) is 10.7. The van der Waals surface area contributed by atoms with E-state index in [1.54, 1.807) is 0 Å². The zero-order chi connectivity index (χ0) is 12.3. The molecule has 0 bridgehead atoms. The molecule has 17 heavy (non-hydrogen) atoms. The summed E-state index contributed by atoms with van der Waals surface area (Å²) >= 11 is 0. The van der Waals surface area contributed by atoms with E-state index in [9.17, 15) is 0 Å². The predicted molar refractivity (Wildman–Crippen MR) is 71.0 cm³/mol. The van der Waals surface area contributed by atoms with Gasteiger partial charge >= 0.3 is 0 Å². The number of nitrogens with two attached hydrogens (primary N) is 1. The summed E-state index contributed by atoms with van der Waals surface area (Å²) < 4.78 is 5.63. The molecule has 1 heterocycles. The van der Waals surface area contributed by atoms with Crippen LogP contribution in [0.5, 0.6) is 0 Å². The summed E-state index contributed by atoms with van der Waals surface area (Å²) in [7, 11) is 0. The van der Waals surface area contributed by atoms with Gasteiger partial charge < -0.3 is 10.5 Å². The lowest BCUT2D eigenvalue weighted by Crippen LogP contribution is -2.47. The van der Waals surface area contributed by atoms with Crippen LogP contribution in [-0.4, -0.2) is 36.7 Å². The van der Waals surface area contributed by atoms with Gasteiger partial charge in [-0.1, -0.05) is 18.2 Å². The van der Waals surface area contributed by atoms with Gasteiger partial charge in [-0.25, -0.2) is 0 Å². The third-order valence-electron chi connectivity index (χ3n) is 3.46. The summed E-state index contributed by atoms with van der Waals surface area (Å²) in [6.07, 6.45) is 1.36. The maximum atomic E-state index is 5.95. The van der Waals surface area contributed by atoms with Gasteiger partial charge in [0.2, 0.25) is 0 Å². The molecule has 1 fully saturated rings. The van der Waals surface area contributed by atoms with Crippen molar-refractivity contribution in [1.29, 1.82) is 0 Å². The first-order valence-corrected chi connectivity index (χ1v) is 6.36. The lowest BCUT2D eigenvalue weighted by atomic mass is 10.1. The molecule has 0 aromatic heterocycles. The molecular weight excluding hydrogens is 212 g/mol. The van der Waals surface area contributed by atoms with Gasteiger partial charge in [0.25, 0.3) is 0 Å². The number of nitrogens with zero attached hydrogens (tertiary/aromatic N) is 1. The Bertz CT molecular complexity index is 367. The molecule has 0 saturated carbocycles. The SMILES string of the molecule is CC1CN(CCc2ccccc2N)C(C)CO1. The van der Waals surface area contributed by atoms with Crippen molar-refractivity contribution in [2.75, 3.05) is 25.4 Å². The minimum Gasteiger partial charge on any atom is -0.399 e. The van der Waals surface area contributed by atoms with Crippen LogP contribution in [0.3, 0.4) is 0 Å². The molecule has 1 aromatic carbocycles. The minimum absolute atomic E-state index is 0.347. The maximum Gasteiger partial charge on any atom is 0.0674 e. The second-order valence-electron chi connectivity index (χ2n) is 4.94. The fourth-order valence-electron chi connectivity index (χ4n) is 2.31. The molecule has 1 aliphatic rings. The van der Waals surface area contributed by atoms with E-state index in [0.717, 1.165) is 31.8 Å². The summed E-state index contributed by atoms with van der Waals surface area (Å²) in [6.45, 7) is 7.28. The van der Waals surface area contributed by atoms with Gasteiger partial charge in [-0.3, -0.25) is 4.90 Å². The Kier molecular flexibility index (Phi) is 4.02. The molecular formula is C14H22N2O. The minimum atomic E-state index is 0.347. The van der Waals surface area contributed by atoms with E-state index in [0.29, 0.717) is 12.1 Å². The number of anilines is 1. The van der Waals surface area contributed by atoms with Crippen molar-refractivity contribution < 1.29 is 4.74 Å². The summed E-state index contributed by atoms with van der Waals surface area (Å²) in [4.78, 5) is 2.49. The Morgan fingerprint density at radius 3 is 2.88 bits per heavy atom. The lowest BCUT2D eigenvalue weighted by Gasteiger charge is -2.36. The monoisotopic (exact) mass is 234 g/mol. The number of hydrogen-bond donors (Lipinski definition) is 1. The third-order valence-corrected chi connectivity index (χ3v) is 3.46. The van der Waals surface area contributed by atoms with E-state index in [1.807, 2.05) is 12.1 Å². The van der Waals surface area contributed by atoms with Gasteiger partial charge in [0.15, 0.2) is 0 Å². The molecule has 2 unspecified atom stereocenters. The highest BCUT2D eigenvalue weighted by Crippen LogP contribution is 2.15. The normalized spacial score (nSPS) is 26.0. The molecule has 1 aliphatic heterocycles. The Morgan fingerprint density at radius 1 is 1.35 bits per heavy atom. The Morgan fingerprint density at radius 2 is 2.12 bits per heavy atom. The van der Waals surface area contributed by atoms with Crippen molar-refractivity contribution in [3.63, 3.8) is 0 Å². The molecule has 3 nitrogen and oxygen atoms in total. The summed E-state index contributed by atoms with van der Waals surface area (Å²) in [6, 6.07) is 8.64. The van der Waals surface area contributed by atoms with Crippen LogP contribution in [-0.2, 0) is 11.2 Å². The molecule has 0 radical (unpaired) electrons. The highest BCUT2D eigenvalue weighted by Gasteiger charge is 2.22. The Labute approximate surface area is 104 Å². The number of ether oxygens (including phenoxy) is 1. The van der Waals surface area contributed by atoms with E-state index < -0.39 is 0 Å². The number of hydrogen-bond acceptors (Lipinski definition) is 3. The average molecular weight is 234 g/mol. The zero-order valence-electron chi connectivity index (χ0n) is 10.7. The smallest absolute Gasteiger partial charge is 0.0674 e. The van der Waals surface area contributed by atoms with Crippen molar-refractivity contribution >= 4 is 5.69 Å². The third kappa shape index (κ3) is 3.20. The number of rotatable bonds is 3. The molecule has 2 atom stereocenters. The second kappa shape index (κ2) is 5.52. The Hall–Kier alpha value is -1.06. The van der Waals surface area contributed by atoms with Gasteiger partial charge in [0, 0.05) is 24.8 Å². The first-order chi connectivity index (χ1) is 8.16. The molecule has 2 rings (SSSR count). The van der Waals surface area contributed by atoms with Crippen LogP contribution in [0.1, 0.15) is 19.4 Å². The molecule has 1 saturated heterocycles. The predicted octanol–water partition coefficient (Wildman–Crippen LogP) is 1.92. The van der Waals surface area contributed by atoms with E-state index in [2.05, 4.69) is 30.9 Å². The standard InChI is InChI=1S/C14H22N2O/c1-11-10-17-12(2)9-16(11)8-7-13-5-3-4-6-14(13)15/h3-6,11-12H,7-10,15H2,1-2H3. The van der Waals surface area contributed by atoms with Crippen LogP contribution in [0.4, 0.5) is 5.69 Å². The van der Waals surface area contributed by atoms with Crippen LogP contribution in [0, 0.1) is 0 Å². The highest BCUT2D eigenvalue weighted by atomic mass is 16.5. The second-order valence-corrected chi connectivity index (χ2v) is 4.94. The fourth-order valence-corrected chi connectivity index (χ4v) is 2.31. The van der Waals surface area contributed by atoms with Gasteiger partial charge in [-0.2, -0.15) is 0 Å². The fraction of sp³-hybridized carbons (Fsp3) is 0.571. The molecule has 0 amide bonds. The Balaban J connectivity index is 1.91. The van der Waals surface area contributed by atoms with E-state index in [1.165, 1.54) is 5.56 Å². The number of para-hydroxylation sites is 1. The van der Waals surface area contributed by atoms with E-state index in [-0.39, 0.29) is 0 Å². The highest BCUT2D eigenvalue weighted by molar-refractivity contribution is 5.46. The van der Waals surface area contributed by atoms with Crippen LogP contribution in [0.15, 0.2) is 24.3 Å². The average Bonchev–Trinajstić information content (AvgIpc) is 2.32. The number of morpholine rings is 1. The maximum absolute atomic E-state index is 5.95. The van der Waals surface area contributed by atoms with Gasteiger partial charge in [0.1, 0.15) is 0 Å². The largest absolute Gasteiger partial charge is 0.399 e. The molecule has 94 valence electrons. The van der Waals surface area contributed by atoms with Crippen molar-refractivity contribution in [1.82, 2.24) is 4.90 Å². The van der Waals surface area contributed by atoms with Crippen molar-refractivity contribution in [2.24, 2.45) is 0 Å². The van der Waals surface area contributed by atoms with Crippen molar-refractivity contribution in [3.8, 4) is 0 Å². The van der Waals surface area contributed by atoms with Crippen LogP contribution in [0.25, 0.3) is 0 Å². The van der Waals surface area contributed by atoms with Gasteiger partial charge in [-0.05, 0) is 31.9 Å². The van der Waals surface area contributed by atoms with Crippen molar-refractivity contribution in [2.45, 2.75) is 32.4 Å². The first-order valence-electron chi connectivity index (χ1n) is 6.36. The molecule has 1 aromatic rings. The number of benzene rings is 1. The van der Waals surface area contributed by atoms with Crippen LogP contribution < -0.4 is 5.73 Å². The van der Waals surface area contributed by atoms with Gasteiger partial charge in [-0.15, -0.1) is 0 Å². The molecule has 0 spiro atoms. The van der Waals surface area contributed by atoms with Crippen molar-refractivity contribution in [3.05, 3.63) is 29.8 Å². The van der Waals surface area contributed by atoms with E-state index >= 15 is 0 Å². The van der Waals surface area contributed by atoms with Crippen LogP contribution in [0.2, 0.25) is 0 Å². The molecule has 0 aliphatic carbocycles.